The van der Waals surface area contributed by atoms with Crippen LogP contribution in [0.2, 0.25) is 10.0 Å². The van der Waals surface area contributed by atoms with Gasteiger partial charge in [-0.15, -0.1) is 5.23 Å². The molecular formula is C16H13Cl2N3O3. The molecule has 1 heterocycles. The van der Waals surface area contributed by atoms with Crippen molar-refractivity contribution in [1.82, 2.24) is 4.57 Å². The van der Waals surface area contributed by atoms with Crippen LogP contribution in [0.5, 0.6) is 0 Å². The molecule has 0 atom stereocenters. The largest absolute Gasteiger partial charge is 0.326 e. The van der Waals surface area contributed by atoms with Gasteiger partial charge in [0.1, 0.15) is 5.69 Å². The summed E-state index contributed by atoms with van der Waals surface area (Å²) in [6.45, 7) is 0.269. The highest BCUT2D eigenvalue weighted by Gasteiger charge is 2.17. The number of aromatic nitrogens is 1. The van der Waals surface area contributed by atoms with Crippen LogP contribution in [-0.4, -0.2) is 20.9 Å². The first-order valence-electron chi connectivity index (χ1n) is 6.94. The van der Waals surface area contributed by atoms with E-state index in [9.17, 15) is 15.2 Å². The van der Waals surface area contributed by atoms with E-state index in [2.05, 4.69) is 0 Å². The maximum absolute atomic E-state index is 12.8. The number of rotatable bonds is 3. The summed E-state index contributed by atoms with van der Waals surface area (Å²) in [5.74, 6) is -0.373. The summed E-state index contributed by atoms with van der Waals surface area (Å²) in [5.41, 5.74) is 7.29. The van der Waals surface area contributed by atoms with Crippen molar-refractivity contribution in [2.75, 3.05) is 5.23 Å². The number of carbonyl (C=O) groups excluding carboxylic acids is 1. The summed E-state index contributed by atoms with van der Waals surface area (Å²) in [7, 11) is 0. The van der Waals surface area contributed by atoms with E-state index < -0.39 is 0 Å². The molecule has 3 rings (SSSR count). The van der Waals surface area contributed by atoms with E-state index in [0.717, 1.165) is 10.9 Å². The van der Waals surface area contributed by atoms with Crippen molar-refractivity contribution < 1.29 is 15.2 Å². The summed E-state index contributed by atoms with van der Waals surface area (Å²) >= 11 is 11.9. The van der Waals surface area contributed by atoms with E-state index in [0.29, 0.717) is 10.5 Å². The van der Waals surface area contributed by atoms with E-state index in [4.69, 9.17) is 28.9 Å². The molecule has 0 spiro atoms. The molecule has 8 heteroatoms. The molecule has 1 aromatic heterocycles. The number of carbonyl (C=O) groups is 1. The molecule has 124 valence electrons. The summed E-state index contributed by atoms with van der Waals surface area (Å²) in [6.07, 6.45) is 1.65. The third kappa shape index (κ3) is 2.86. The number of fused-ring (bicyclic) bond motifs is 1. The van der Waals surface area contributed by atoms with Crippen LogP contribution in [0.25, 0.3) is 10.9 Å². The van der Waals surface area contributed by atoms with Gasteiger partial charge in [0, 0.05) is 28.7 Å². The quantitative estimate of drug-likeness (QED) is 0.615. The SMILES string of the molecule is NCc1cn(C(=O)c2ccc(Cl)c(N(O)O)c2)c2cc(Cl)ccc12. The van der Waals surface area contributed by atoms with Crippen molar-refractivity contribution in [3.05, 3.63) is 63.8 Å². The third-order valence-corrected chi connectivity index (χ3v) is 4.25. The van der Waals surface area contributed by atoms with Crippen molar-refractivity contribution >= 4 is 45.7 Å². The number of anilines is 1. The van der Waals surface area contributed by atoms with Gasteiger partial charge in [0.25, 0.3) is 5.91 Å². The molecular weight excluding hydrogens is 353 g/mol. The average molecular weight is 366 g/mol. The van der Waals surface area contributed by atoms with Gasteiger partial charge in [0.05, 0.1) is 10.5 Å². The molecule has 4 N–H and O–H groups in total. The van der Waals surface area contributed by atoms with E-state index in [1.165, 1.54) is 22.8 Å². The molecule has 0 bridgehead atoms. The van der Waals surface area contributed by atoms with Gasteiger partial charge < -0.3 is 5.73 Å². The Hall–Kier alpha value is -2.09. The monoisotopic (exact) mass is 365 g/mol. The summed E-state index contributed by atoms with van der Waals surface area (Å²) in [6, 6.07) is 9.40. The first-order valence-corrected chi connectivity index (χ1v) is 7.69. The molecule has 0 saturated heterocycles. The highest BCUT2D eigenvalue weighted by Crippen LogP contribution is 2.28. The highest BCUT2D eigenvalue weighted by atomic mass is 35.5. The molecule has 3 aromatic rings. The average Bonchev–Trinajstić information content (AvgIpc) is 2.92. The number of hydrogen-bond acceptors (Lipinski definition) is 5. The van der Waals surface area contributed by atoms with Crippen LogP contribution in [0.3, 0.4) is 0 Å². The summed E-state index contributed by atoms with van der Waals surface area (Å²) in [4.78, 5) is 12.8. The lowest BCUT2D eigenvalue weighted by molar-refractivity contribution is 0.0292. The van der Waals surface area contributed by atoms with Gasteiger partial charge in [-0.05, 0) is 35.9 Å². The second kappa shape index (κ2) is 6.43. The van der Waals surface area contributed by atoms with Crippen LogP contribution in [0.4, 0.5) is 5.69 Å². The fourth-order valence-electron chi connectivity index (χ4n) is 2.54. The molecule has 6 nitrogen and oxygen atoms in total. The lowest BCUT2D eigenvalue weighted by Crippen LogP contribution is -2.15. The maximum Gasteiger partial charge on any atom is 0.262 e. The first-order chi connectivity index (χ1) is 11.4. The van der Waals surface area contributed by atoms with E-state index in [1.807, 2.05) is 0 Å². The van der Waals surface area contributed by atoms with Crippen molar-refractivity contribution in [2.24, 2.45) is 5.73 Å². The lowest BCUT2D eigenvalue weighted by Gasteiger charge is -2.12. The molecule has 0 unspecified atom stereocenters. The first kappa shape index (κ1) is 16.8. The van der Waals surface area contributed by atoms with E-state index >= 15 is 0 Å². The van der Waals surface area contributed by atoms with Crippen LogP contribution in [0.15, 0.2) is 42.6 Å². The van der Waals surface area contributed by atoms with Gasteiger partial charge in [-0.25, -0.2) is 0 Å². The molecule has 0 saturated carbocycles. The molecule has 0 amide bonds. The zero-order valence-corrected chi connectivity index (χ0v) is 13.8. The molecule has 0 aliphatic carbocycles. The van der Waals surface area contributed by atoms with Gasteiger partial charge in [0.15, 0.2) is 0 Å². The Morgan fingerprint density at radius 1 is 1.17 bits per heavy atom. The standard InChI is InChI=1S/C16H13Cl2N3O3/c17-11-2-3-12-10(7-19)8-20(14(12)6-11)16(22)9-1-4-13(18)15(5-9)21(23)24/h1-6,8,23-24H,7,19H2. The topological polar surface area (TPSA) is 91.7 Å². The molecule has 0 radical (unpaired) electrons. The van der Waals surface area contributed by atoms with Gasteiger partial charge in [0.2, 0.25) is 0 Å². The molecule has 0 fully saturated rings. The number of nitrogens with two attached hydrogens (primary N) is 1. The van der Waals surface area contributed by atoms with Gasteiger partial charge in [-0.2, -0.15) is 0 Å². The second-order valence-electron chi connectivity index (χ2n) is 5.15. The Morgan fingerprint density at radius 2 is 1.92 bits per heavy atom. The van der Waals surface area contributed by atoms with Gasteiger partial charge in [-0.1, -0.05) is 29.3 Å². The van der Waals surface area contributed by atoms with Gasteiger partial charge >= 0.3 is 0 Å². The fourth-order valence-corrected chi connectivity index (χ4v) is 2.90. The number of halogens is 2. The van der Waals surface area contributed by atoms with Crippen molar-refractivity contribution in [3.8, 4) is 0 Å². The summed E-state index contributed by atoms with van der Waals surface area (Å²) < 4.78 is 1.43. The zero-order valence-electron chi connectivity index (χ0n) is 12.3. The van der Waals surface area contributed by atoms with Crippen molar-refractivity contribution in [2.45, 2.75) is 6.54 Å². The molecule has 24 heavy (non-hydrogen) atoms. The van der Waals surface area contributed by atoms with E-state index in [-0.39, 0.29) is 34.0 Å². The third-order valence-electron chi connectivity index (χ3n) is 3.70. The normalized spacial score (nSPS) is 11.0. The molecule has 2 aromatic carbocycles. The smallest absolute Gasteiger partial charge is 0.262 e. The Bertz CT molecular complexity index is 938. The minimum Gasteiger partial charge on any atom is -0.326 e. The predicted molar refractivity (Wildman–Crippen MR) is 92.1 cm³/mol. The number of hydrogen-bond donors (Lipinski definition) is 3. The van der Waals surface area contributed by atoms with Crippen molar-refractivity contribution in [1.29, 1.82) is 0 Å². The van der Waals surface area contributed by atoms with Crippen molar-refractivity contribution in [3.63, 3.8) is 0 Å². The minimum atomic E-state index is -0.373. The second-order valence-corrected chi connectivity index (χ2v) is 5.99. The number of nitrogens with zero attached hydrogens (tertiary/aromatic N) is 2. The maximum atomic E-state index is 12.8. The van der Waals surface area contributed by atoms with Crippen LogP contribution in [-0.2, 0) is 6.54 Å². The van der Waals surface area contributed by atoms with Crippen LogP contribution < -0.4 is 11.0 Å². The number of benzene rings is 2. The fraction of sp³-hybridized carbons (Fsp3) is 0.0625. The Kier molecular flexibility index (Phi) is 4.49. The molecule has 0 aliphatic rings. The lowest BCUT2D eigenvalue weighted by atomic mass is 10.1. The Morgan fingerprint density at radius 3 is 2.58 bits per heavy atom. The molecule has 0 aliphatic heterocycles. The summed E-state index contributed by atoms with van der Waals surface area (Å²) in [5, 5.41) is 19.7. The predicted octanol–water partition coefficient (Wildman–Crippen LogP) is 3.68. The van der Waals surface area contributed by atoms with Gasteiger partial charge in [-0.3, -0.25) is 19.8 Å². The Labute approximate surface area is 147 Å². The Balaban J connectivity index is 2.16. The van der Waals surface area contributed by atoms with Crippen LogP contribution in [0, 0.1) is 0 Å². The minimum absolute atomic E-state index is 0.0969. The zero-order chi connectivity index (χ0) is 17.4. The van der Waals surface area contributed by atoms with Crippen LogP contribution >= 0.6 is 23.2 Å². The van der Waals surface area contributed by atoms with Crippen LogP contribution in [0.1, 0.15) is 15.9 Å². The highest BCUT2D eigenvalue weighted by molar-refractivity contribution is 6.33. The van der Waals surface area contributed by atoms with E-state index in [1.54, 1.807) is 24.4 Å².